The van der Waals surface area contributed by atoms with Crippen molar-refractivity contribution in [3.05, 3.63) is 35.4 Å². The van der Waals surface area contributed by atoms with E-state index in [0.717, 1.165) is 7.11 Å². The van der Waals surface area contributed by atoms with E-state index in [0.29, 0.717) is 5.56 Å². The Hall–Kier alpha value is -1.07. The summed E-state index contributed by atoms with van der Waals surface area (Å²) in [5.74, 6) is 0. The number of rotatable bonds is 4. The molecule has 0 aliphatic carbocycles. The van der Waals surface area contributed by atoms with Crippen LogP contribution in [0.15, 0.2) is 24.3 Å². The number of halogens is 3. The van der Waals surface area contributed by atoms with Crippen LogP contribution in [0.1, 0.15) is 30.2 Å². The topological polar surface area (TPSA) is 21.3 Å². The first-order valence-electron chi connectivity index (χ1n) is 5.27. The second-order valence-electron chi connectivity index (χ2n) is 3.80. The highest BCUT2D eigenvalue weighted by molar-refractivity contribution is 5.32. The highest BCUT2D eigenvalue weighted by Gasteiger charge is 2.42. The number of alkyl halides is 3. The molecule has 0 fully saturated rings. The van der Waals surface area contributed by atoms with Crippen molar-refractivity contribution in [3.8, 4) is 0 Å². The second kappa shape index (κ2) is 5.51. The number of ether oxygens (including phenoxy) is 1. The fraction of sp³-hybridized carbons (Fsp3) is 0.500. The Morgan fingerprint density at radius 3 is 2.12 bits per heavy atom. The van der Waals surface area contributed by atoms with E-state index in [1.54, 1.807) is 25.2 Å². The Labute approximate surface area is 98.8 Å². The van der Waals surface area contributed by atoms with Gasteiger partial charge in [0, 0.05) is 13.2 Å². The minimum absolute atomic E-state index is 0.157. The van der Waals surface area contributed by atoms with Gasteiger partial charge in [0.1, 0.15) is 0 Å². The van der Waals surface area contributed by atoms with Crippen molar-refractivity contribution >= 4 is 0 Å². The van der Waals surface area contributed by atoms with Crippen molar-refractivity contribution in [2.45, 2.75) is 25.2 Å². The molecule has 2 nitrogen and oxygen atoms in total. The molecule has 0 amide bonds. The molecule has 5 heteroatoms. The molecule has 96 valence electrons. The summed E-state index contributed by atoms with van der Waals surface area (Å²) in [7, 11) is 2.77. The third-order valence-electron chi connectivity index (χ3n) is 2.71. The lowest BCUT2D eigenvalue weighted by Crippen LogP contribution is -2.25. The quantitative estimate of drug-likeness (QED) is 0.882. The molecule has 0 spiro atoms. The average molecular weight is 247 g/mol. The van der Waals surface area contributed by atoms with Gasteiger partial charge in [-0.3, -0.25) is 0 Å². The maximum atomic E-state index is 12.8. The number of hydrogen-bond acceptors (Lipinski definition) is 2. The first-order chi connectivity index (χ1) is 7.91. The molecule has 1 aromatic carbocycles. The highest BCUT2D eigenvalue weighted by atomic mass is 19.4. The SMILES string of the molecule is CNC(C)c1ccccc1C(OC)C(F)(F)F. The van der Waals surface area contributed by atoms with Crippen molar-refractivity contribution in [2.75, 3.05) is 14.2 Å². The molecule has 2 unspecified atom stereocenters. The highest BCUT2D eigenvalue weighted by Crippen LogP contribution is 2.38. The molecule has 0 aliphatic heterocycles. The van der Waals surface area contributed by atoms with Crippen LogP contribution in [-0.4, -0.2) is 20.3 Å². The van der Waals surface area contributed by atoms with Gasteiger partial charge in [0.15, 0.2) is 6.10 Å². The van der Waals surface area contributed by atoms with Crippen molar-refractivity contribution < 1.29 is 17.9 Å². The Morgan fingerprint density at radius 1 is 1.18 bits per heavy atom. The summed E-state index contributed by atoms with van der Waals surface area (Å²) >= 11 is 0. The lowest BCUT2D eigenvalue weighted by Gasteiger charge is -2.24. The Kier molecular flexibility index (Phi) is 4.54. The van der Waals surface area contributed by atoms with Crippen molar-refractivity contribution in [2.24, 2.45) is 0 Å². The number of hydrogen-bond donors (Lipinski definition) is 1. The van der Waals surface area contributed by atoms with Crippen LogP contribution in [0, 0.1) is 0 Å². The zero-order chi connectivity index (χ0) is 13.1. The normalized spacial score (nSPS) is 15.6. The van der Waals surface area contributed by atoms with Crippen LogP contribution in [0.4, 0.5) is 13.2 Å². The second-order valence-corrected chi connectivity index (χ2v) is 3.80. The molecule has 1 N–H and O–H groups in total. The predicted octanol–water partition coefficient (Wildman–Crippen LogP) is 3.22. The predicted molar refractivity (Wildman–Crippen MR) is 59.7 cm³/mol. The third-order valence-corrected chi connectivity index (χ3v) is 2.71. The molecule has 0 saturated carbocycles. The van der Waals surface area contributed by atoms with E-state index < -0.39 is 12.3 Å². The molecule has 0 aliphatic rings. The Morgan fingerprint density at radius 2 is 1.71 bits per heavy atom. The first-order valence-corrected chi connectivity index (χ1v) is 5.27. The molecule has 1 aromatic rings. The van der Waals surface area contributed by atoms with E-state index in [2.05, 4.69) is 10.1 Å². The van der Waals surface area contributed by atoms with Gasteiger partial charge >= 0.3 is 6.18 Å². The molecule has 0 radical (unpaired) electrons. The van der Waals surface area contributed by atoms with Crippen LogP contribution < -0.4 is 5.32 Å². The van der Waals surface area contributed by atoms with Gasteiger partial charge in [-0.05, 0) is 25.1 Å². The smallest absolute Gasteiger partial charge is 0.367 e. The largest absolute Gasteiger partial charge is 0.418 e. The number of nitrogens with one attached hydrogen (secondary N) is 1. The van der Waals surface area contributed by atoms with E-state index in [1.165, 1.54) is 6.07 Å². The molecule has 0 saturated heterocycles. The Bertz CT molecular complexity index is 365. The van der Waals surface area contributed by atoms with Crippen LogP contribution in [0.25, 0.3) is 0 Å². The summed E-state index contributed by atoms with van der Waals surface area (Å²) in [4.78, 5) is 0. The monoisotopic (exact) mass is 247 g/mol. The standard InChI is InChI=1S/C12H16F3NO/c1-8(16-2)9-6-4-5-7-10(9)11(17-3)12(13,14)15/h4-8,11,16H,1-3H3. The maximum absolute atomic E-state index is 12.8. The molecule has 0 aromatic heterocycles. The number of benzene rings is 1. The summed E-state index contributed by atoms with van der Waals surface area (Å²) in [6.07, 6.45) is -6.28. The summed E-state index contributed by atoms with van der Waals surface area (Å²) in [5, 5.41) is 2.93. The molecule has 1 rings (SSSR count). The minimum Gasteiger partial charge on any atom is -0.367 e. The van der Waals surface area contributed by atoms with E-state index in [-0.39, 0.29) is 11.6 Å². The van der Waals surface area contributed by atoms with Crippen molar-refractivity contribution in [1.82, 2.24) is 5.32 Å². The summed E-state index contributed by atoms with van der Waals surface area (Å²) < 4.78 is 43.0. The van der Waals surface area contributed by atoms with Gasteiger partial charge in [-0.25, -0.2) is 0 Å². The average Bonchev–Trinajstić information content (AvgIpc) is 2.28. The van der Waals surface area contributed by atoms with Crippen LogP contribution in [0.5, 0.6) is 0 Å². The molecular formula is C12H16F3NO. The lowest BCUT2D eigenvalue weighted by atomic mass is 9.97. The maximum Gasteiger partial charge on any atom is 0.418 e. The number of methoxy groups -OCH3 is 1. The van der Waals surface area contributed by atoms with Crippen LogP contribution in [0.2, 0.25) is 0 Å². The van der Waals surface area contributed by atoms with E-state index in [1.807, 2.05) is 6.92 Å². The van der Waals surface area contributed by atoms with Crippen LogP contribution in [0.3, 0.4) is 0 Å². The van der Waals surface area contributed by atoms with Gasteiger partial charge in [0.25, 0.3) is 0 Å². The van der Waals surface area contributed by atoms with Gasteiger partial charge in [-0.2, -0.15) is 13.2 Å². The van der Waals surface area contributed by atoms with Crippen molar-refractivity contribution in [1.29, 1.82) is 0 Å². The molecule has 0 heterocycles. The van der Waals surface area contributed by atoms with Crippen LogP contribution >= 0.6 is 0 Å². The fourth-order valence-electron chi connectivity index (χ4n) is 1.74. The van der Waals surface area contributed by atoms with E-state index in [9.17, 15) is 13.2 Å². The summed E-state index contributed by atoms with van der Waals surface area (Å²) in [6.45, 7) is 1.81. The van der Waals surface area contributed by atoms with Gasteiger partial charge in [-0.15, -0.1) is 0 Å². The van der Waals surface area contributed by atoms with Crippen molar-refractivity contribution in [3.63, 3.8) is 0 Å². The summed E-state index contributed by atoms with van der Waals surface area (Å²) in [6, 6.07) is 6.26. The van der Waals surface area contributed by atoms with E-state index >= 15 is 0 Å². The van der Waals surface area contributed by atoms with E-state index in [4.69, 9.17) is 0 Å². The first kappa shape index (κ1) is 14.0. The molecule has 17 heavy (non-hydrogen) atoms. The summed E-state index contributed by atoms with van der Waals surface area (Å²) in [5.41, 5.74) is 0.753. The third kappa shape index (κ3) is 3.20. The zero-order valence-electron chi connectivity index (χ0n) is 10.0. The molecule has 2 atom stereocenters. The fourth-order valence-corrected chi connectivity index (χ4v) is 1.74. The molecule has 0 bridgehead atoms. The van der Waals surface area contributed by atoms with Crippen LogP contribution in [-0.2, 0) is 4.74 Å². The van der Waals surface area contributed by atoms with Gasteiger partial charge in [-0.1, -0.05) is 24.3 Å². The molecular weight excluding hydrogens is 231 g/mol. The van der Waals surface area contributed by atoms with Gasteiger partial charge in [0.2, 0.25) is 0 Å². The minimum atomic E-state index is -4.40. The van der Waals surface area contributed by atoms with Gasteiger partial charge < -0.3 is 10.1 Å². The Balaban J connectivity index is 3.20. The van der Waals surface area contributed by atoms with Gasteiger partial charge in [0.05, 0.1) is 0 Å². The zero-order valence-corrected chi connectivity index (χ0v) is 10.0. The lowest BCUT2D eigenvalue weighted by molar-refractivity contribution is -0.216.